The molecule has 0 aliphatic carbocycles. The van der Waals surface area contributed by atoms with Crippen LogP contribution in [-0.4, -0.2) is 20.2 Å². The Morgan fingerprint density at radius 3 is 2.60 bits per heavy atom. The smallest absolute Gasteiger partial charge is 0.338 e. The Labute approximate surface area is 91.7 Å². The zero-order valence-electron chi connectivity index (χ0n) is 8.34. The molecule has 82 valence electrons. The number of carbonyl (C=O) groups is 1. The molecule has 0 radical (unpaired) electrons. The summed E-state index contributed by atoms with van der Waals surface area (Å²) in [4.78, 5) is 11.3. The van der Waals surface area contributed by atoms with E-state index in [2.05, 4.69) is 4.74 Å². The number of rotatable bonds is 3. The first-order chi connectivity index (χ1) is 7.13. The number of alkyl halides is 1. The molecular formula is C10H10ClFO3. The number of esters is 1. The maximum absolute atomic E-state index is 13.4. The zero-order chi connectivity index (χ0) is 11.4. The van der Waals surface area contributed by atoms with E-state index in [-0.39, 0.29) is 22.8 Å². The normalized spacial score (nSPS) is 9.87. The van der Waals surface area contributed by atoms with Crippen molar-refractivity contribution in [1.82, 2.24) is 0 Å². The molecule has 3 nitrogen and oxygen atoms in total. The molecule has 0 aliphatic rings. The lowest BCUT2D eigenvalue weighted by Gasteiger charge is -2.08. The second-order valence-corrected chi connectivity index (χ2v) is 3.03. The van der Waals surface area contributed by atoms with Crippen LogP contribution in [0.1, 0.15) is 15.9 Å². The molecule has 1 aromatic rings. The number of methoxy groups -OCH3 is 2. The SMILES string of the molecule is COC(=O)c1cc(OC)cc(F)c1CCl. The van der Waals surface area contributed by atoms with Gasteiger partial charge in [-0.3, -0.25) is 0 Å². The molecule has 0 aromatic heterocycles. The summed E-state index contributed by atoms with van der Waals surface area (Å²) in [6.45, 7) is 0. The summed E-state index contributed by atoms with van der Waals surface area (Å²) < 4.78 is 22.8. The number of carbonyl (C=O) groups excluding carboxylic acids is 1. The van der Waals surface area contributed by atoms with Crippen molar-refractivity contribution in [3.05, 3.63) is 29.1 Å². The standard InChI is InChI=1S/C10H10ClFO3/c1-14-6-3-7(10(13)15-2)8(5-11)9(12)4-6/h3-4H,5H2,1-2H3. The minimum atomic E-state index is -0.636. The summed E-state index contributed by atoms with van der Waals surface area (Å²) in [5.74, 6) is -1.06. The molecule has 0 unspecified atom stereocenters. The molecule has 0 N–H and O–H groups in total. The van der Waals surface area contributed by atoms with Crippen molar-refractivity contribution in [2.24, 2.45) is 0 Å². The minimum Gasteiger partial charge on any atom is -0.497 e. The number of hydrogen-bond acceptors (Lipinski definition) is 3. The number of benzene rings is 1. The third kappa shape index (κ3) is 2.39. The van der Waals surface area contributed by atoms with Gasteiger partial charge in [-0.2, -0.15) is 0 Å². The average molecular weight is 233 g/mol. The van der Waals surface area contributed by atoms with Crippen molar-refractivity contribution in [2.45, 2.75) is 5.88 Å². The van der Waals surface area contributed by atoms with Crippen molar-refractivity contribution in [3.63, 3.8) is 0 Å². The zero-order valence-corrected chi connectivity index (χ0v) is 9.10. The predicted octanol–water partition coefficient (Wildman–Crippen LogP) is 2.36. The third-order valence-electron chi connectivity index (χ3n) is 1.94. The first-order valence-electron chi connectivity index (χ1n) is 4.14. The van der Waals surface area contributed by atoms with Crippen LogP contribution >= 0.6 is 11.6 Å². The van der Waals surface area contributed by atoms with E-state index in [0.717, 1.165) is 0 Å². The molecule has 1 aromatic carbocycles. The summed E-state index contributed by atoms with van der Waals surface area (Å²) in [6.07, 6.45) is 0. The second kappa shape index (κ2) is 4.98. The Morgan fingerprint density at radius 1 is 1.47 bits per heavy atom. The van der Waals surface area contributed by atoms with Gasteiger partial charge in [0, 0.05) is 11.6 Å². The second-order valence-electron chi connectivity index (χ2n) is 2.76. The highest BCUT2D eigenvalue weighted by molar-refractivity contribution is 6.17. The Bertz CT molecular complexity index is 379. The van der Waals surface area contributed by atoms with Crippen LogP contribution < -0.4 is 4.74 Å². The van der Waals surface area contributed by atoms with Crippen molar-refractivity contribution >= 4 is 17.6 Å². The van der Waals surface area contributed by atoms with Crippen molar-refractivity contribution in [2.75, 3.05) is 14.2 Å². The van der Waals surface area contributed by atoms with E-state index in [4.69, 9.17) is 16.3 Å². The molecule has 0 atom stereocenters. The average Bonchev–Trinajstić information content (AvgIpc) is 2.26. The quantitative estimate of drug-likeness (QED) is 0.593. The van der Waals surface area contributed by atoms with E-state index in [1.165, 1.54) is 26.4 Å². The summed E-state index contributed by atoms with van der Waals surface area (Å²) in [5.41, 5.74) is 0.202. The molecule has 0 saturated heterocycles. The Morgan fingerprint density at radius 2 is 2.13 bits per heavy atom. The van der Waals surface area contributed by atoms with Crippen LogP contribution in [0.5, 0.6) is 5.75 Å². The van der Waals surface area contributed by atoms with Gasteiger partial charge >= 0.3 is 5.97 Å². The van der Waals surface area contributed by atoms with E-state index in [1.807, 2.05) is 0 Å². The lowest BCUT2D eigenvalue weighted by molar-refractivity contribution is 0.0598. The van der Waals surface area contributed by atoms with Gasteiger partial charge in [-0.05, 0) is 6.07 Å². The van der Waals surface area contributed by atoms with Gasteiger partial charge in [-0.25, -0.2) is 9.18 Å². The van der Waals surface area contributed by atoms with Crippen LogP contribution in [0.15, 0.2) is 12.1 Å². The van der Waals surface area contributed by atoms with Crippen molar-refractivity contribution < 1.29 is 18.7 Å². The lowest BCUT2D eigenvalue weighted by atomic mass is 10.1. The van der Waals surface area contributed by atoms with Crippen molar-refractivity contribution in [1.29, 1.82) is 0 Å². The first kappa shape index (κ1) is 11.8. The highest BCUT2D eigenvalue weighted by Crippen LogP contribution is 2.23. The predicted molar refractivity (Wildman–Crippen MR) is 53.8 cm³/mol. The summed E-state index contributed by atoms with van der Waals surface area (Å²) >= 11 is 5.55. The molecule has 1 rings (SSSR count). The Balaban J connectivity index is 3.32. The molecule has 0 spiro atoms. The molecular weight excluding hydrogens is 223 g/mol. The van der Waals surface area contributed by atoms with E-state index in [9.17, 15) is 9.18 Å². The van der Waals surface area contributed by atoms with Gasteiger partial charge in [-0.15, -0.1) is 11.6 Å². The molecule has 0 heterocycles. The molecule has 0 bridgehead atoms. The van der Waals surface area contributed by atoms with E-state index in [1.54, 1.807) is 0 Å². The molecule has 5 heteroatoms. The third-order valence-corrected chi connectivity index (χ3v) is 2.21. The van der Waals surface area contributed by atoms with Gasteiger partial charge < -0.3 is 9.47 Å². The largest absolute Gasteiger partial charge is 0.497 e. The maximum atomic E-state index is 13.4. The van der Waals surface area contributed by atoms with Gasteiger partial charge in [0.05, 0.1) is 25.7 Å². The summed E-state index contributed by atoms with van der Waals surface area (Å²) in [7, 11) is 2.61. The molecule has 0 saturated carbocycles. The fourth-order valence-corrected chi connectivity index (χ4v) is 1.43. The number of halogens is 2. The summed E-state index contributed by atoms with van der Waals surface area (Å²) in [6, 6.07) is 2.57. The van der Waals surface area contributed by atoms with Gasteiger partial charge in [-0.1, -0.05) is 0 Å². The van der Waals surface area contributed by atoms with Gasteiger partial charge in [0.2, 0.25) is 0 Å². The monoisotopic (exact) mass is 232 g/mol. The van der Waals surface area contributed by atoms with Gasteiger partial charge in [0.15, 0.2) is 0 Å². The van der Waals surface area contributed by atoms with Crippen LogP contribution in [0.2, 0.25) is 0 Å². The first-order valence-corrected chi connectivity index (χ1v) is 4.68. The molecule has 15 heavy (non-hydrogen) atoms. The molecule has 0 amide bonds. The fraction of sp³-hybridized carbons (Fsp3) is 0.300. The van der Waals surface area contributed by atoms with Crippen LogP contribution in [0, 0.1) is 5.82 Å². The highest BCUT2D eigenvalue weighted by Gasteiger charge is 2.17. The Hall–Kier alpha value is -1.29. The fourth-order valence-electron chi connectivity index (χ4n) is 1.16. The highest BCUT2D eigenvalue weighted by atomic mass is 35.5. The van der Waals surface area contributed by atoms with E-state index in [0.29, 0.717) is 0 Å². The van der Waals surface area contributed by atoms with Crippen molar-refractivity contribution in [3.8, 4) is 5.75 Å². The molecule has 0 aliphatic heterocycles. The van der Waals surface area contributed by atoms with Crippen LogP contribution in [0.4, 0.5) is 4.39 Å². The number of hydrogen-bond donors (Lipinski definition) is 0. The van der Waals surface area contributed by atoms with E-state index >= 15 is 0 Å². The Kier molecular flexibility index (Phi) is 3.91. The maximum Gasteiger partial charge on any atom is 0.338 e. The summed E-state index contributed by atoms with van der Waals surface area (Å²) in [5, 5.41) is 0. The number of ether oxygens (including phenoxy) is 2. The van der Waals surface area contributed by atoms with E-state index < -0.39 is 11.8 Å². The van der Waals surface area contributed by atoms with Crippen LogP contribution in [0.25, 0.3) is 0 Å². The van der Waals surface area contributed by atoms with Gasteiger partial charge in [0.25, 0.3) is 0 Å². The topological polar surface area (TPSA) is 35.5 Å². The van der Waals surface area contributed by atoms with Crippen LogP contribution in [0.3, 0.4) is 0 Å². The minimum absolute atomic E-state index is 0.0874. The molecule has 0 fully saturated rings. The van der Waals surface area contributed by atoms with Gasteiger partial charge in [0.1, 0.15) is 11.6 Å². The lowest BCUT2D eigenvalue weighted by Crippen LogP contribution is -2.07. The van der Waals surface area contributed by atoms with Crippen LogP contribution in [-0.2, 0) is 10.6 Å².